The second-order valence-corrected chi connectivity index (χ2v) is 25.2. The SMILES string of the molecule is CC.Cc1[c-]c(-c2nc(C)c(C)c(C)c2C)c(C)c(C)c1C.Cc1[c-]c(-c2nc(C)c(C)c(C)c2C)c(C)c(C)c1C.Cc1[c-]cc(C)c(C)c1C.Cc1cnc(C)c(C)c1C.Cc1nc(-c2c(C)c(C)c(C)c(C)c2Br)c(C)c(C)c1C.[CH2-]CCC.[Li+].[Li+].[Pd+2]. The summed E-state index contributed by atoms with van der Waals surface area (Å²) < 4.78 is 1.18. The van der Waals surface area contributed by atoms with Gasteiger partial charge in [0.05, 0.1) is 5.69 Å². The van der Waals surface area contributed by atoms with E-state index in [4.69, 9.17) is 15.0 Å². The number of hydrogen-bond acceptors (Lipinski definition) is 4. The second-order valence-electron chi connectivity index (χ2n) is 24.4. The van der Waals surface area contributed by atoms with Gasteiger partial charge < -0.3 is 16.9 Å². The third-order valence-electron chi connectivity index (χ3n) is 19.7. The van der Waals surface area contributed by atoms with Crippen molar-refractivity contribution in [3.05, 3.63) is 220 Å². The summed E-state index contributed by atoms with van der Waals surface area (Å²) >= 11 is 3.81. The first-order valence-electron chi connectivity index (χ1n) is 31.6. The van der Waals surface area contributed by atoms with Gasteiger partial charge in [0.1, 0.15) is 0 Å². The van der Waals surface area contributed by atoms with Crippen LogP contribution in [0, 0.1) is 247 Å². The van der Waals surface area contributed by atoms with Crippen LogP contribution in [0.2, 0.25) is 0 Å². The van der Waals surface area contributed by atoms with Crippen molar-refractivity contribution >= 4 is 15.9 Å². The fourth-order valence-electron chi connectivity index (χ4n) is 10.2. The zero-order valence-electron chi connectivity index (χ0n) is 63.8. The molecular formula is C82H113BrLi2N4Pd. The molecule has 480 valence electrons. The van der Waals surface area contributed by atoms with E-state index in [9.17, 15) is 0 Å². The normalized spacial score (nSPS) is 10.1. The Morgan fingerprint density at radius 2 is 0.633 bits per heavy atom. The number of rotatable bonds is 4. The fourth-order valence-corrected chi connectivity index (χ4v) is 10.9. The summed E-state index contributed by atoms with van der Waals surface area (Å²) in [5, 5.41) is 0. The zero-order valence-corrected chi connectivity index (χ0v) is 66.9. The molecule has 8 aromatic rings. The third kappa shape index (κ3) is 20.7. The molecule has 0 aliphatic rings. The molecule has 0 bridgehead atoms. The van der Waals surface area contributed by atoms with Gasteiger partial charge in [0.2, 0.25) is 0 Å². The van der Waals surface area contributed by atoms with Gasteiger partial charge in [-0.15, -0.1) is 67.8 Å². The summed E-state index contributed by atoms with van der Waals surface area (Å²) in [6, 6.07) is 12.4. The first kappa shape index (κ1) is 87.9. The number of pyridine rings is 4. The van der Waals surface area contributed by atoms with E-state index in [0.29, 0.717) is 0 Å². The maximum Gasteiger partial charge on any atom is 2.00 e. The van der Waals surface area contributed by atoms with Crippen molar-refractivity contribution in [1.82, 2.24) is 19.9 Å². The molecule has 4 nitrogen and oxygen atoms in total. The average molecular weight is 1360 g/mol. The van der Waals surface area contributed by atoms with Crippen molar-refractivity contribution in [1.29, 1.82) is 0 Å². The van der Waals surface area contributed by atoms with Gasteiger partial charge in [0, 0.05) is 39.0 Å². The van der Waals surface area contributed by atoms with Gasteiger partial charge in [0.25, 0.3) is 0 Å². The van der Waals surface area contributed by atoms with Crippen LogP contribution in [-0.2, 0) is 20.4 Å². The molecule has 0 N–H and O–H groups in total. The molecule has 0 unspecified atom stereocenters. The van der Waals surface area contributed by atoms with Gasteiger partial charge >= 0.3 is 58.1 Å². The van der Waals surface area contributed by atoms with Gasteiger partial charge in [0.15, 0.2) is 0 Å². The molecule has 0 radical (unpaired) electrons. The van der Waals surface area contributed by atoms with Crippen LogP contribution in [-0.4, -0.2) is 19.9 Å². The van der Waals surface area contributed by atoms with Crippen molar-refractivity contribution < 1.29 is 58.1 Å². The Morgan fingerprint density at radius 1 is 0.344 bits per heavy atom. The first-order valence-corrected chi connectivity index (χ1v) is 32.4. The Hall–Kier alpha value is -4.18. The maximum absolute atomic E-state index is 4.91. The number of halogens is 1. The summed E-state index contributed by atoms with van der Waals surface area (Å²) in [7, 11) is 0. The Balaban J connectivity index is 0. The summed E-state index contributed by atoms with van der Waals surface area (Å²) in [5.41, 5.74) is 48.3. The fraction of sp³-hybridized carbons (Fsp3) is 0.451. The number of hydrogen-bond donors (Lipinski definition) is 0. The predicted molar refractivity (Wildman–Crippen MR) is 387 cm³/mol. The van der Waals surface area contributed by atoms with Crippen LogP contribution < -0.4 is 37.7 Å². The minimum Gasteiger partial charge on any atom is -0.343 e. The molecule has 4 aromatic carbocycles. The van der Waals surface area contributed by atoms with Crippen molar-refractivity contribution in [3.8, 4) is 33.8 Å². The summed E-state index contributed by atoms with van der Waals surface area (Å²) in [6.07, 6.45) is 4.21. The zero-order chi connectivity index (χ0) is 67.3. The molecule has 0 aliphatic carbocycles. The molecule has 4 heterocycles. The Labute approximate surface area is 598 Å². The van der Waals surface area contributed by atoms with E-state index >= 15 is 0 Å². The maximum atomic E-state index is 4.91. The van der Waals surface area contributed by atoms with Crippen LogP contribution in [0.4, 0.5) is 0 Å². The summed E-state index contributed by atoms with van der Waals surface area (Å²) in [4.78, 5) is 18.8. The van der Waals surface area contributed by atoms with Gasteiger partial charge in [-0.25, -0.2) is 0 Å². The van der Waals surface area contributed by atoms with Crippen LogP contribution in [0.3, 0.4) is 0 Å². The van der Waals surface area contributed by atoms with Crippen LogP contribution in [0.15, 0.2) is 16.7 Å². The van der Waals surface area contributed by atoms with Gasteiger partial charge in [-0.05, 0) is 233 Å². The minimum atomic E-state index is 0. The molecule has 0 saturated heterocycles. The molecule has 4 aromatic heterocycles. The molecular weight excluding hydrogens is 1240 g/mol. The first-order chi connectivity index (χ1) is 40.3. The Kier molecular flexibility index (Phi) is 38.0. The van der Waals surface area contributed by atoms with Crippen LogP contribution >= 0.6 is 15.9 Å². The van der Waals surface area contributed by atoms with Crippen molar-refractivity contribution in [3.63, 3.8) is 0 Å². The molecule has 0 atom stereocenters. The molecule has 8 rings (SSSR count). The van der Waals surface area contributed by atoms with E-state index in [-0.39, 0.29) is 58.1 Å². The third-order valence-corrected chi connectivity index (χ3v) is 20.7. The number of aryl methyl sites for hydroxylation is 9. The number of aromatic nitrogens is 4. The molecule has 0 spiro atoms. The molecule has 90 heavy (non-hydrogen) atoms. The van der Waals surface area contributed by atoms with E-state index in [1.807, 2.05) is 27.0 Å². The van der Waals surface area contributed by atoms with Crippen LogP contribution in [0.25, 0.3) is 33.8 Å². The smallest absolute Gasteiger partial charge is 0.343 e. The minimum absolute atomic E-state index is 0. The molecule has 0 aliphatic heterocycles. The van der Waals surface area contributed by atoms with E-state index in [1.54, 1.807) is 0 Å². The molecule has 0 amide bonds. The van der Waals surface area contributed by atoms with Crippen molar-refractivity contribution in [2.45, 2.75) is 255 Å². The largest absolute Gasteiger partial charge is 2.00 e. The Bertz CT molecular complexity index is 3390. The summed E-state index contributed by atoms with van der Waals surface area (Å²) in [5.74, 6) is 0. The van der Waals surface area contributed by atoms with Crippen molar-refractivity contribution in [2.24, 2.45) is 0 Å². The van der Waals surface area contributed by atoms with Gasteiger partial charge in [-0.3, -0.25) is 9.97 Å². The quantitative estimate of drug-likeness (QED) is 0.130. The monoisotopic (exact) mass is 1350 g/mol. The standard InChI is InChI=1S/C19H24BrN.2C19H24N.C10H13.C9H13N.C4H9.C2H6.2Li.Pd/c1-9-10(2)14(6)18(20)17(13(9)5)19-15(7)11(3)12(4)16(8)21-19;2*1-10-9-18(15(6)12(3)11(10)2)19-16(7)13(4)14(5)17(8)20-19;1-7-5-6-8(2)10(4)9(7)3;1-6-5-10-9(4)8(3)7(6)2;1-3-4-2;1-2;;;/h1-8H3;2*1-8H3;2*5H,1-4H3;1,3-4H2,2H3;1-2H3;;;/q;3*-1;;-1;;2*+1;+2. The molecule has 0 fully saturated rings. The summed E-state index contributed by atoms with van der Waals surface area (Å²) in [6.45, 7) is 78.6. The topological polar surface area (TPSA) is 51.6 Å². The van der Waals surface area contributed by atoms with E-state index in [2.05, 4.69) is 274 Å². The van der Waals surface area contributed by atoms with Gasteiger partial charge in [-0.1, -0.05) is 133 Å². The average Bonchev–Trinajstić information content (AvgIpc) is 1.75. The Morgan fingerprint density at radius 3 is 0.978 bits per heavy atom. The van der Waals surface area contributed by atoms with Crippen LogP contribution in [0.1, 0.15) is 212 Å². The predicted octanol–water partition coefficient (Wildman–Crippen LogP) is 17.7. The van der Waals surface area contributed by atoms with Crippen LogP contribution in [0.5, 0.6) is 0 Å². The second kappa shape index (κ2) is 38.9. The van der Waals surface area contributed by atoms with Gasteiger partial charge in [-0.2, -0.15) is 40.8 Å². The molecule has 0 saturated carbocycles. The number of unbranched alkanes of at least 4 members (excludes halogenated alkanes) is 1. The van der Waals surface area contributed by atoms with E-state index in [1.165, 1.54) is 172 Å². The molecule has 8 heteroatoms. The van der Waals surface area contributed by atoms with E-state index < -0.39 is 0 Å². The number of benzene rings is 4. The van der Waals surface area contributed by atoms with E-state index in [0.717, 1.165) is 57.4 Å². The van der Waals surface area contributed by atoms with Crippen molar-refractivity contribution in [2.75, 3.05) is 0 Å². The number of nitrogens with zero attached hydrogens (tertiary/aromatic N) is 4.